The fourth-order valence-corrected chi connectivity index (χ4v) is 1.09. The van der Waals surface area contributed by atoms with E-state index in [9.17, 15) is 4.21 Å². The summed E-state index contributed by atoms with van der Waals surface area (Å²) in [5, 5.41) is 0. The first-order chi connectivity index (χ1) is 5.59. The van der Waals surface area contributed by atoms with Gasteiger partial charge in [-0.25, -0.2) is 0 Å². The Morgan fingerprint density at radius 1 is 1.58 bits per heavy atom. The molecule has 1 aromatic rings. The number of hydrogen-bond acceptors (Lipinski definition) is 3. The van der Waals surface area contributed by atoms with Crippen molar-refractivity contribution < 1.29 is 12.9 Å². The zero-order chi connectivity index (χ0) is 9.14. The third-order valence-corrected chi connectivity index (χ3v) is 1.65. The predicted octanol–water partition coefficient (Wildman–Crippen LogP) is 1.09. The normalized spacial score (nSPS) is 12.5. The van der Waals surface area contributed by atoms with E-state index in [-0.39, 0.29) is 5.75 Å². The van der Waals surface area contributed by atoms with Gasteiger partial charge < -0.3 is 9.92 Å². The molecule has 12 heavy (non-hydrogen) atoms. The van der Waals surface area contributed by atoms with Gasteiger partial charge in [-0.1, -0.05) is 6.07 Å². The summed E-state index contributed by atoms with van der Waals surface area (Å²) in [6.07, 6.45) is 0. The molecule has 0 fully saturated rings. The Bertz CT molecular complexity index is 314. The van der Waals surface area contributed by atoms with Gasteiger partial charge in [0.05, 0.1) is 5.69 Å². The van der Waals surface area contributed by atoms with E-state index in [2.05, 4.69) is 4.18 Å². The SMILES string of the molecule is Cc1ccc(N)c(OS(=O)O)c1. The second-order valence-corrected chi connectivity index (χ2v) is 2.94. The smallest absolute Gasteiger partial charge is 0.357 e. The Morgan fingerprint density at radius 3 is 2.83 bits per heavy atom. The summed E-state index contributed by atoms with van der Waals surface area (Å²) >= 11 is -2.32. The molecule has 0 spiro atoms. The molecule has 0 radical (unpaired) electrons. The van der Waals surface area contributed by atoms with Gasteiger partial charge >= 0.3 is 11.4 Å². The molecule has 1 unspecified atom stereocenters. The van der Waals surface area contributed by atoms with Crippen LogP contribution in [0, 0.1) is 6.92 Å². The van der Waals surface area contributed by atoms with E-state index in [1.165, 1.54) is 0 Å². The lowest BCUT2D eigenvalue weighted by atomic mass is 10.2. The average Bonchev–Trinajstić information content (AvgIpc) is 1.96. The first-order valence-corrected chi connectivity index (χ1v) is 4.28. The average molecular weight is 187 g/mol. The number of hydrogen-bond donors (Lipinski definition) is 2. The van der Waals surface area contributed by atoms with Gasteiger partial charge in [0.15, 0.2) is 5.75 Å². The molecule has 0 saturated heterocycles. The van der Waals surface area contributed by atoms with Crippen LogP contribution >= 0.6 is 0 Å². The number of rotatable bonds is 2. The molecular formula is C7H9NO3S. The van der Waals surface area contributed by atoms with Gasteiger partial charge in [-0.3, -0.25) is 4.55 Å². The predicted molar refractivity (Wildman–Crippen MR) is 47.0 cm³/mol. The van der Waals surface area contributed by atoms with Crippen molar-refractivity contribution in [3.8, 4) is 5.75 Å². The quantitative estimate of drug-likeness (QED) is 0.537. The largest absolute Gasteiger partial charge is 0.396 e. The third-order valence-electron chi connectivity index (χ3n) is 1.33. The van der Waals surface area contributed by atoms with Crippen LogP contribution in [-0.4, -0.2) is 8.76 Å². The third kappa shape index (κ3) is 2.21. The Hall–Kier alpha value is -1.07. The van der Waals surface area contributed by atoms with Crippen molar-refractivity contribution in [2.75, 3.05) is 5.73 Å². The summed E-state index contributed by atoms with van der Waals surface area (Å²) in [6.45, 7) is 1.84. The van der Waals surface area contributed by atoms with Crippen molar-refractivity contribution in [3.05, 3.63) is 23.8 Å². The molecule has 0 saturated carbocycles. The van der Waals surface area contributed by atoms with Crippen molar-refractivity contribution in [2.45, 2.75) is 6.92 Å². The van der Waals surface area contributed by atoms with Crippen LogP contribution in [0.2, 0.25) is 0 Å². The summed E-state index contributed by atoms with van der Waals surface area (Å²) < 4.78 is 23.2. The number of nitrogens with two attached hydrogens (primary N) is 1. The van der Waals surface area contributed by atoms with E-state index < -0.39 is 11.4 Å². The van der Waals surface area contributed by atoms with Crippen LogP contribution < -0.4 is 9.92 Å². The summed E-state index contributed by atoms with van der Waals surface area (Å²) in [4.78, 5) is 0. The van der Waals surface area contributed by atoms with Crippen LogP contribution in [0.5, 0.6) is 5.75 Å². The zero-order valence-electron chi connectivity index (χ0n) is 6.48. The van der Waals surface area contributed by atoms with Crippen LogP contribution in [0.4, 0.5) is 5.69 Å². The van der Waals surface area contributed by atoms with Crippen molar-refractivity contribution in [2.24, 2.45) is 0 Å². The second-order valence-electron chi connectivity index (χ2n) is 2.34. The van der Waals surface area contributed by atoms with Gasteiger partial charge in [0, 0.05) is 0 Å². The molecule has 4 nitrogen and oxygen atoms in total. The fourth-order valence-electron chi connectivity index (χ4n) is 0.791. The summed E-state index contributed by atoms with van der Waals surface area (Å²) in [7, 11) is 0. The first kappa shape index (κ1) is 9.02. The molecule has 0 bridgehead atoms. The summed E-state index contributed by atoms with van der Waals surface area (Å²) in [5.74, 6) is 0.232. The molecular weight excluding hydrogens is 178 g/mol. The Kier molecular flexibility index (Phi) is 2.67. The highest BCUT2D eigenvalue weighted by molar-refractivity contribution is 7.74. The molecule has 0 aromatic heterocycles. The molecule has 3 N–H and O–H groups in total. The van der Waals surface area contributed by atoms with Gasteiger partial charge in [0.25, 0.3) is 0 Å². The van der Waals surface area contributed by atoms with Gasteiger partial charge in [0.1, 0.15) is 0 Å². The Morgan fingerprint density at radius 2 is 2.25 bits per heavy atom. The van der Waals surface area contributed by atoms with Crippen LogP contribution in [0.3, 0.4) is 0 Å². The second kappa shape index (κ2) is 3.55. The molecule has 1 rings (SSSR count). The molecule has 0 heterocycles. The molecule has 0 amide bonds. The van der Waals surface area contributed by atoms with Gasteiger partial charge in [-0.05, 0) is 24.6 Å². The maximum Gasteiger partial charge on any atom is 0.357 e. The number of benzene rings is 1. The van der Waals surface area contributed by atoms with Crippen molar-refractivity contribution >= 4 is 17.0 Å². The molecule has 0 aliphatic heterocycles. The lowest BCUT2D eigenvalue weighted by Crippen LogP contribution is -2.00. The summed E-state index contributed by atoms with van der Waals surface area (Å²) in [6, 6.07) is 5.02. The Balaban J connectivity index is 2.97. The van der Waals surface area contributed by atoms with Crippen LogP contribution in [-0.2, 0) is 11.4 Å². The highest BCUT2D eigenvalue weighted by Crippen LogP contribution is 2.22. The Labute approximate surface area is 72.8 Å². The monoisotopic (exact) mass is 187 g/mol. The lowest BCUT2D eigenvalue weighted by Gasteiger charge is -2.03. The molecule has 1 aromatic carbocycles. The number of nitrogen functional groups attached to an aromatic ring is 1. The maximum absolute atomic E-state index is 10.3. The minimum absolute atomic E-state index is 0.232. The fraction of sp³-hybridized carbons (Fsp3) is 0.143. The van der Waals surface area contributed by atoms with Crippen LogP contribution in [0.25, 0.3) is 0 Å². The molecule has 5 heteroatoms. The van der Waals surface area contributed by atoms with Crippen molar-refractivity contribution in [1.29, 1.82) is 0 Å². The molecule has 1 atom stereocenters. The topological polar surface area (TPSA) is 72.5 Å². The number of aryl methyl sites for hydroxylation is 1. The van der Waals surface area contributed by atoms with E-state index in [0.29, 0.717) is 5.69 Å². The zero-order valence-corrected chi connectivity index (χ0v) is 7.30. The maximum atomic E-state index is 10.3. The van der Waals surface area contributed by atoms with Gasteiger partial charge in [0.2, 0.25) is 0 Å². The van der Waals surface area contributed by atoms with E-state index in [0.717, 1.165) is 5.56 Å². The molecule has 0 aliphatic carbocycles. The summed E-state index contributed by atoms with van der Waals surface area (Å²) in [5.41, 5.74) is 6.74. The van der Waals surface area contributed by atoms with E-state index in [1.54, 1.807) is 18.2 Å². The van der Waals surface area contributed by atoms with Gasteiger partial charge in [-0.15, -0.1) is 0 Å². The minimum atomic E-state index is -2.32. The first-order valence-electron chi connectivity index (χ1n) is 3.25. The minimum Gasteiger partial charge on any atom is -0.396 e. The highest BCUT2D eigenvalue weighted by Gasteiger charge is 2.02. The van der Waals surface area contributed by atoms with Crippen LogP contribution in [0.15, 0.2) is 18.2 Å². The molecule has 66 valence electrons. The van der Waals surface area contributed by atoms with E-state index >= 15 is 0 Å². The lowest BCUT2D eigenvalue weighted by molar-refractivity contribution is 0.459. The standard InChI is InChI=1S/C7H9NO3S/c1-5-2-3-6(8)7(4-5)11-12(9)10/h2-4H,8H2,1H3,(H,9,10). The highest BCUT2D eigenvalue weighted by atomic mass is 32.2. The van der Waals surface area contributed by atoms with Crippen LogP contribution in [0.1, 0.15) is 5.56 Å². The number of anilines is 1. The van der Waals surface area contributed by atoms with Gasteiger partial charge in [-0.2, -0.15) is 4.21 Å². The van der Waals surface area contributed by atoms with Crippen molar-refractivity contribution in [3.63, 3.8) is 0 Å². The molecule has 0 aliphatic rings. The van der Waals surface area contributed by atoms with Crippen molar-refractivity contribution in [1.82, 2.24) is 0 Å². The van der Waals surface area contributed by atoms with E-state index in [1.807, 2.05) is 6.92 Å². The van der Waals surface area contributed by atoms with E-state index in [4.69, 9.17) is 10.3 Å².